The second-order valence-electron chi connectivity index (χ2n) is 46.4. The quantitative estimate of drug-likeness (QED) is 0.111. The van der Waals surface area contributed by atoms with E-state index in [4.69, 9.17) is 0 Å². The maximum absolute atomic E-state index is 3.57. The lowest BCUT2D eigenvalue weighted by molar-refractivity contribution is 0.144. The van der Waals surface area contributed by atoms with Gasteiger partial charge in [-0.2, -0.15) is 0 Å². The number of piperidine rings is 6. The zero-order valence-corrected chi connectivity index (χ0v) is 110. The van der Waals surface area contributed by atoms with Gasteiger partial charge in [0.1, 0.15) is 0 Å². The summed E-state index contributed by atoms with van der Waals surface area (Å²) in [6, 6.07) is 0. The monoisotopic (exact) mass is 2000 g/mol. The van der Waals surface area contributed by atoms with Crippen LogP contribution in [-0.2, 0) is 0 Å². The zero-order valence-electron chi connectivity index (χ0n) is 110. The van der Waals surface area contributed by atoms with Crippen molar-refractivity contribution >= 4 is 0 Å². The Labute approximate surface area is 896 Å². The van der Waals surface area contributed by atoms with E-state index in [1.54, 1.807) is 0 Å². The van der Waals surface area contributed by atoms with Crippen LogP contribution in [0.3, 0.4) is 0 Å². The lowest BCUT2D eigenvalue weighted by Gasteiger charge is -2.41. The Hall–Kier alpha value is -0.520. The molecule has 140 heavy (non-hydrogen) atoms. The second kappa shape index (κ2) is 111. The van der Waals surface area contributed by atoms with Crippen molar-refractivity contribution in [3.05, 3.63) is 0 Å². The smallest absolute Gasteiger partial charge is 0.0318 e. The molecule has 0 bridgehead atoms. The largest absolute Gasteiger partial charge is 0.317 e. The fraction of sp³-hybridized carbons (Fsp3) is 1.00. The van der Waals surface area contributed by atoms with Crippen LogP contribution >= 0.6 is 0 Å². The highest BCUT2D eigenvalue weighted by Gasteiger charge is 2.40. The molecule has 0 aromatic heterocycles. The summed E-state index contributed by atoms with van der Waals surface area (Å²) in [5, 5.41) is 44.8. The van der Waals surface area contributed by atoms with Crippen LogP contribution in [0.5, 0.6) is 0 Å². The molecule has 13 nitrogen and oxygen atoms in total. The van der Waals surface area contributed by atoms with Gasteiger partial charge in [0.25, 0.3) is 0 Å². The first-order chi connectivity index (χ1) is 66.3. The van der Waals surface area contributed by atoms with E-state index < -0.39 is 0 Å². The molecule has 1 atom stereocenters. The Morgan fingerprint density at radius 3 is 0.436 bits per heavy atom. The topological polar surface area (TPSA) is 156 Å². The van der Waals surface area contributed by atoms with Gasteiger partial charge in [0.2, 0.25) is 0 Å². The van der Waals surface area contributed by atoms with Gasteiger partial charge >= 0.3 is 0 Å². The molecule has 0 amide bonds. The summed E-state index contributed by atoms with van der Waals surface area (Å²) in [4.78, 5) is 0. The molecular weight excluding hydrogens is 1710 g/mol. The van der Waals surface area contributed by atoms with Gasteiger partial charge in [-0.15, -0.1) is 0 Å². The minimum atomic E-state index is 0.528. The van der Waals surface area contributed by atoms with Crippen LogP contribution < -0.4 is 69.1 Å². The van der Waals surface area contributed by atoms with Gasteiger partial charge in [-0.3, -0.25) is 0 Å². The molecule has 13 aliphatic heterocycles. The van der Waals surface area contributed by atoms with Gasteiger partial charge < -0.3 is 69.1 Å². The van der Waals surface area contributed by atoms with Crippen molar-refractivity contribution in [3.8, 4) is 0 Å². The molecule has 0 radical (unpaired) electrons. The van der Waals surface area contributed by atoms with Crippen molar-refractivity contribution < 1.29 is 0 Å². The summed E-state index contributed by atoms with van der Waals surface area (Å²) in [5.74, 6) is 0. The first kappa shape index (κ1) is 170. The molecule has 1 saturated carbocycles. The highest BCUT2D eigenvalue weighted by molar-refractivity contribution is 5.00. The average Bonchev–Trinajstić information content (AvgIpc) is 1.75. The maximum atomic E-state index is 3.57. The molecule has 13 saturated heterocycles. The van der Waals surface area contributed by atoms with E-state index in [2.05, 4.69) is 263 Å². The van der Waals surface area contributed by atoms with Gasteiger partial charge in [-0.25, -0.2) is 0 Å². The van der Waals surface area contributed by atoms with Gasteiger partial charge in [0.15, 0.2) is 0 Å². The van der Waals surface area contributed by atoms with Crippen molar-refractivity contribution in [2.45, 2.75) is 599 Å². The lowest BCUT2D eigenvalue weighted by atomic mass is 9.72. The molecule has 1 aliphatic carbocycles. The Morgan fingerprint density at radius 2 is 0.279 bits per heavy atom. The van der Waals surface area contributed by atoms with Crippen LogP contribution in [0.1, 0.15) is 593 Å². The molecule has 13 N–H and O–H groups in total. The lowest BCUT2D eigenvalue weighted by Crippen LogP contribution is -2.46. The Bertz CT molecular complexity index is 1790. The number of hydrogen-bond donors (Lipinski definition) is 13. The summed E-state index contributed by atoms with van der Waals surface area (Å²) in [7, 11) is 0. The Balaban J connectivity index is -0.000000100. The van der Waals surface area contributed by atoms with Crippen LogP contribution in [-0.4, -0.2) is 169 Å². The fourth-order valence-corrected chi connectivity index (χ4v) is 15.6. The summed E-state index contributed by atoms with van der Waals surface area (Å²) < 4.78 is 0. The molecule has 1 unspecified atom stereocenters. The third kappa shape index (κ3) is 109. The minimum Gasteiger partial charge on any atom is -0.317 e. The van der Waals surface area contributed by atoms with E-state index in [0.717, 1.165) is 10.8 Å². The molecule has 14 fully saturated rings. The number of hydrogen-bond acceptors (Lipinski definition) is 13. The van der Waals surface area contributed by atoms with Crippen molar-refractivity contribution in [1.82, 2.24) is 69.1 Å². The average molecular weight is 2000 g/mol. The summed E-state index contributed by atoms with van der Waals surface area (Å²) in [6.45, 7) is 150. The van der Waals surface area contributed by atoms with Crippen LogP contribution in [0, 0.1) is 70.4 Å². The predicted octanol–water partition coefficient (Wildman–Crippen LogP) is 35.6. The fourth-order valence-electron chi connectivity index (χ4n) is 15.6. The van der Waals surface area contributed by atoms with Gasteiger partial charge in [-0.1, -0.05) is 452 Å². The highest BCUT2D eigenvalue weighted by Crippen LogP contribution is 2.42. The molecule has 7 spiro atoms. The second-order valence-corrected chi connectivity index (χ2v) is 46.4. The normalized spacial score (nSPS) is 20.5. The Kier molecular flexibility index (Phi) is 135. The van der Waals surface area contributed by atoms with Gasteiger partial charge in [0, 0.05) is 51.4 Å². The summed E-state index contributed by atoms with van der Waals surface area (Å²) in [5.41, 5.74) is 8.56. The zero-order chi connectivity index (χ0) is 112. The molecule has 0 aromatic rings. The maximum Gasteiger partial charge on any atom is 0.0318 e. The van der Waals surface area contributed by atoms with E-state index >= 15 is 0 Å². The number of nitrogens with one attached hydrogen (secondary N) is 13. The number of rotatable bonds is 0. The van der Waals surface area contributed by atoms with Crippen LogP contribution in [0.2, 0.25) is 0 Å². The molecule has 13 heteroatoms. The van der Waals surface area contributed by atoms with Gasteiger partial charge in [0.05, 0.1) is 0 Å². The van der Waals surface area contributed by atoms with Crippen LogP contribution in [0.15, 0.2) is 0 Å². The molecule has 868 valence electrons. The third-order valence-electron chi connectivity index (χ3n) is 28.5. The summed E-state index contributed by atoms with van der Waals surface area (Å²) >= 11 is 0. The van der Waals surface area contributed by atoms with E-state index in [1.165, 1.54) is 369 Å². The van der Waals surface area contributed by atoms with E-state index in [0.29, 0.717) is 65.1 Å². The van der Waals surface area contributed by atoms with E-state index in [1.807, 2.05) is 194 Å². The van der Waals surface area contributed by atoms with Crippen LogP contribution in [0.4, 0.5) is 0 Å². The van der Waals surface area contributed by atoms with E-state index in [-0.39, 0.29) is 0 Å². The Morgan fingerprint density at radius 1 is 0.136 bits per heavy atom. The first-order valence-corrected chi connectivity index (χ1v) is 62.6. The van der Waals surface area contributed by atoms with Gasteiger partial charge in [-0.05, 0) is 329 Å². The third-order valence-corrected chi connectivity index (χ3v) is 28.5. The van der Waals surface area contributed by atoms with Crippen molar-refractivity contribution in [2.75, 3.05) is 164 Å². The van der Waals surface area contributed by atoms with Crippen molar-refractivity contribution in [1.29, 1.82) is 0 Å². The predicted molar refractivity (Wildman–Crippen MR) is 662 cm³/mol. The standard InChI is InChI=1S/2C9H18N2.C9H17N.2C8H16N2.2C7H14N2.7C6H14.14C2H6/c1-5-10-6-2-9(1)3-7-11-8-4-9;1-2-9(8-11-5-1)3-6-10-7-4-9;1-2-4-9(5-3-1)6-7-10-8-9;2*1-4-9-5-2-8(1)3-6-10-7-8;1-3-8-5-7(1)2-4-9-6-7;1-2-7(9-4-1)3-5-8-6-7;7*1-5-6(2,3)4;14*1-2/h2*10-11H,1-8H2;10H,1-8H2;2*9-10H,1-7H2;2*8-9H,1-6H2;7*5H2,1-4H3;14*1-2H3. The highest BCUT2D eigenvalue weighted by atomic mass is 15.1. The molecule has 14 aliphatic rings. The molecule has 13 heterocycles. The van der Waals surface area contributed by atoms with E-state index in [9.17, 15) is 0 Å². The molecule has 0 aromatic carbocycles. The minimum absolute atomic E-state index is 0.528. The SMILES string of the molecule is C1CC2(CCN1)CCNC2.C1CC2(CCN1)CCNC2.C1CC2(CCN1)CCNCC2.C1CC2(CCNC2)CN1.C1CCC2(CC1)CCNC2.C1CNC2(C1)CCNC2.C1CNCC2(C1)CCNCC2.CC.CC.CC.CC.CC.CC.CC.CC.CC.CC.CC.CC.CC.CC.CCC(C)(C)C.CCC(C)(C)C.CCC(C)(C)C.CCC(C)(C)C.CCC(C)(C)C.CCC(C)(C)C.CCC(C)(C)C. The van der Waals surface area contributed by atoms with Crippen molar-refractivity contribution in [2.24, 2.45) is 70.4 Å². The summed E-state index contributed by atoms with van der Waals surface area (Å²) in [6.07, 6.45) is 44.3. The molecule has 14 rings (SSSR count). The van der Waals surface area contributed by atoms with Crippen molar-refractivity contribution in [3.63, 3.8) is 0 Å². The molecular formula is C127H295N13. The first-order valence-electron chi connectivity index (χ1n) is 62.6. The van der Waals surface area contributed by atoms with Crippen LogP contribution in [0.25, 0.3) is 0 Å².